The van der Waals surface area contributed by atoms with Crippen LogP contribution in [0.4, 0.5) is 24.3 Å². The molecule has 2 amide bonds. The predicted molar refractivity (Wildman–Crippen MR) is 82.6 cm³/mol. The number of halogens is 3. The van der Waals surface area contributed by atoms with Crippen LogP contribution in [0.25, 0.3) is 0 Å². The molecule has 1 aromatic heterocycles. The van der Waals surface area contributed by atoms with Gasteiger partial charge in [-0.15, -0.1) is 5.10 Å². The van der Waals surface area contributed by atoms with Crippen LogP contribution in [0.15, 0.2) is 16.6 Å². The summed E-state index contributed by atoms with van der Waals surface area (Å²) in [4.78, 5) is 23.4. The van der Waals surface area contributed by atoms with Crippen LogP contribution in [-0.2, 0) is 4.74 Å². The Hall–Kier alpha value is -2.14. The van der Waals surface area contributed by atoms with E-state index in [4.69, 9.17) is 4.74 Å². The minimum Gasteiger partial charge on any atom is -0.461 e. The summed E-state index contributed by atoms with van der Waals surface area (Å²) in [6.07, 6.45) is 0. The maximum Gasteiger partial charge on any atom is 0.362 e. The normalized spacial score (nSPS) is 10.3. The average Bonchev–Trinajstić information content (AvgIpc) is 2.91. The lowest BCUT2D eigenvalue weighted by atomic mass is 10.3. The number of aromatic nitrogens is 2. The van der Waals surface area contributed by atoms with Crippen LogP contribution in [0.5, 0.6) is 0 Å². The Labute approximate surface area is 141 Å². The van der Waals surface area contributed by atoms with Crippen molar-refractivity contribution in [1.82, 2.24) is 9.59 Å². The van der Waals surface area contributed by atoms with Crippen LogP contribution in [-0.4, -0.2) is 28.2 Å². The summed E-state index contributed by atoms with van der Waals surface area (Å²) in [5.41, 5.74) is -0.815. The number of ether oxygens (including phenoxy) is 1. The van der Waals surface area contributed by atoms with Crippen LogP contribution in [0.2, 0.25) is 0 Å². The molecule has 7 nitrogen and oxygen atoms in total. The lowest BCUT2D eigenvalue weighted by molar-refractivity contribution is 0.0520. The van der Waals surface area contributed by atoms with E-state index in [2.05, 4.69) is 30.8 Å². The van der Waals surface area contributed by atoms with E-state index in [9.17, 15) is 18.4 Å². The summed E-state index contributed by atoms with van der Waals surface area (Å²) < 4.78 is 35.8. The molecule has 0 spiro atoms. The highest BCUT2D eigenvalue weighted by Crippen LogP contribution is 2.24. The second-order valence-corrected chi connectivity index (χ2v) is 5.66. The lowest BCUT2D eigenvalue weighted by Gasteiger charge is -2.09. The number of anilines is 2. The molecule has 122 valence electrons. The lowest BCUT2D eigenvalue weighted by Crippen LogP contribution is -2.22. The van der Waals surface area contributed by atoms with Crippen molar-refractivity contribution < 1.29 is 23.1 Å². The first-order chi connectivity index (χ1) is 10.9. The fourth-order valence-corrected chi connectivity index (χ4v) is 2.47. The third kappa shape index (κ3) is 4.20. The van der Waals surface area contributed by atoms with Gasteiger partial charge in [0.05, 0.1) is 6.61 Å². The number of esters is 1. The topological polar surface area (TPSA) is 93.2 Å². The van der Waals surface area contributed by atoms with Crippen molar-refractivity contribution >= 4 is 50.2 Å². The minimum absolute atomic E-state index is 0.00104. The van der Waals surface area contributed by atoms with Gasteiger partial charge in [0.1, 0.15) is 5.69 Å². The Bertz CT molecular complexity index is 733. The van der Waals surface area contributed by atoms with E-state index < -0.39 is 29.3 Å². The van der Waals surface area contributed by atoms with Crippen molar-refractivity contribution in [1.29, 1.82) is 0 Å². The zero-order valence-corrected chi connectivity index (χ0v) is 13.9. The quantitative estimate of drug-likeness (QED) is 0.758. The van der Waals surface area contributed by atoms with Gasteiger partial charge in [-0.2, -0.15) is 0 Å². The van der Waals surface area contributed by atoms with Gasteiger partial charge in [-0.3, -0.25) is 5.32 Å². The van der Waals surface area contributed by atoms with Crippen molar-refractivity contribution in [3.05, 3.63) is 33.9 Å². The van der Waals surface area contributed by atoms with Gasteiger partial charge in [0.2, 0.25) is 5.69 Å². The van der Waals surface area contributed by atoms with E-state index in [1.807, 2.05) is 5.32 Å². The molecule has 2 aromatic rings. The summed E-state index contributed by atoms with van der Waals surface area (Å²) in [7, 11) is 0. The van der Waals surface area contributed by atoms with Crippen molar-refractivity contribution in [2.45, 2.75) is 6.92 Å². The Balaban J connectivity index is 2.12. The van der Waals surface area contributed by atoms with Crippen LogP contribution in [0, 0.1) is 11.6 Å². The minimum atomic E-state index is -0.958. The van der Waals surface area contributed by atoms with Gasteiger partial charge in [0, 0.05) is 16.0 Å². The van der Waals surface area contributed by atoms with Crippen LogP contribution < -0.4 is 10.6 Å². The Kier molecular flexibility index (Phi) is 5.55. The highest BCUT2D eigenvalue weighted by Gasteiger charge is 2.20. The first kappa shape index (κ1) is 17.2. The van der Waals surface area contributed by atoms with Crippen molar-refractivity contribution in [2.75, 3.05) is 17.2 Å². The van der Waals surface area contributed by atoms with Gasteiger partial charge in [0.15, 0.2) is 16.6 Å². The molecule has 0 bridgehead atoms. The smallest absolute Gasteiger partial charge is 0.362 e. The first-order valence-corrected chi connectivity index (χ1v) is 7.71. The third-order valence-corrected chi connectivity index (χ3v) is 3.53. The summed E-state index contributed by atoms with van der Waals surface area (Å²) in [5.74, 6) is -2.68. The average molecular weight is 407 g/mol. The molecule has 0 unspecified atom stereocenters. The first-order valence-electron chi connectivity index (χ1n) is 6.14. The number of nitrogens with zero attached hydrogens (tertiary/aromatic N) is 2. The standard InChI is InChI=1S/C12H9BrF2N4O3S/c1-2-22-11(20)9-10(23-19-18-9)17-12(21)16-8-6(14)3-5(13)4-7(8)15/h3-4H,2H2,1H3,(H2,16,17,21). The molecule has 0 aliphatic carbocycles. The zero-order valence-electron chi connectivity index (χ0n) is 11.5. The molecular weight excluding hydrogens is 398 g/mol. The Morgan fingerprint density at radius 1 is 1.30 bits per heavy atom. The number of urea groups is 1. The van der Waals surface area contributed by atoms with Gasteiger partial charge in [-0.05, 0) is 19.1 Å². The van der Waals surface area contributed by atoms with Gasteiger partial charge in [0.25, 0.3) is 0 Å². The Morgan fingerprint density at radius 2 is 1.96 bits per heavy atom. The predicted octanol–water partition coefficient (Wildman–Crippen LogP) is 3.40. The molecule has 1 aromatic carbocycles. The number of carbonyl (C=O) groups excluding carboxylic acids is 2. The molecule has 0 aliphatic rings. The molecule has 2 N–H and O–H groups in total. The molecule has 23 heavy (non-hydrogen) atoms. The number of hydrogen-bond donors (Lipinski definition) is 2. The molecule has 0 aliphatic heterocycles. The molecule has 0 fully saturated rings. The number of benzene rings is 1. The van der Waals surface area contributed by atoms with Crippen molar-refractivity contribution in [2.24, 2.45) is 0 Å². The zero-order chi connectivity index (χ0) is 17.0. The van der Waals surface area contributed by atoms with Crippen molar-refractivity contribution in [3.8, 4) is 0 Å². The Morgan fingerprint density at radius 3 is 2.57 bits per heavy atom. The summed E-state index contributed by atoms with van der Waals surface area (Å²) in [6, 6.07) is 1.04. The molecule has 0 saturated carbocycles. The van der Waals surface area contributed by atoms with Crippen LogP contribution >= 0.6 is 27.5 Å². The van der Waals surface area contributed by atoms with Gasteiger partial charge in [-0.25, -0.2) is 18.4 Å². The largest absolute Gasteiger partial charge is 0.461 e. The fraction of sp³-hybridized carbons (Fsp3) is 0.167. The highest BCUT2D eigenvalue weighted by molar-refractivity contribution is 9.10. The maximum absolute atomic E-state index is 13.6. The molecular formula is C12H9BrF2N4O3S. The number of amides is 2. The second kappa shape index (κ2) is 7.42. The SMILES string of the molecule is CCOC(=O)c1nnsc1NC(=O)Nc1c(F)cc(Br)cc1F. The van der Waals surface area contributed by atoms with Crippen LogP contribution in [0.3, 0.4) is 0 Å². The van der Waals surface area contributed by atoms with Crippen LogP contribution in [0.1, 0.15) is 17.4 Å². The van der Waals surface area contributed by atoms with E-state index in [1.165, 1.54) is 0 Å². The monoisotopic (exact) mass is 406 g/mol. The van der Waals surface area contributed by atoms with E-state index >= 15 is 0 Å². The number of nitrogens with one attached hydrogen (secondary N) is 2. The third-order valence-electron chi connectivity index (χ3n) is 2.43. The number of hydrogen-bond acceptors (Lipinski definition) is 6. The van der Waals surface area contributed by atoms with Gasteiger partial charge >= 0.3 is 12.0 Å². The molecule has 2 rings (SSSR count). The molecule has 0 atom stereocenters. The molecule has 1 heterocycles. The van der Waals surface area contributed by atoms with E-state index in [0.717, 1.165) is 23.7 Å². The highest BCUT2D eigenvalue weighted by atomic mass is 79.9. The van der Waals surface area contributed by atoms with E-state index in [-0.39, 0.29) is 21.8 Å². The molecule has 11 heteroatoms. The van der Waals surface area contributed by atoms with Gasteiger partial charge < -0.3 is 10.1 Å². The maximum atomic E-state index is 13.6. The molecule has 0 radical (unpaired) electrons. The summed E-state index contributed by atoms with van der Waals surface area (Å²) in [6.45, 7) is 1.73. The number of rotatable bonds is 4. The van der Waals surface area contributed by atoms with E-state index in [1.54, 1.807) is 6.92 Å². The van der Waals surface area contributed by atoms with E-state index in [0.29, 0.717) is 0 Å². The molecule has 0 saturated heterocycles. The number of carbonyl (C=O) groups is 2. The summed E-state index contributed by atoms with van der Waals surface area (Å²) >= 11 is 3.65. The fourth-order valence-electron chi connectivity index (χ4n) is 1.52. The van der Waals surface area contributed by atoms with Crippen molar-refractivity contribution in [3.63, 3.8) is 0 Å². The second-order valence-electron chi connectivity index (χ2n) is 3.99. The summed E-state index contributed by atoms with van der Waals surface area (Å²) in [5, 5.41) is 7.80. The van der Waals surface area contributed by atoms with Gasteiger partial charge in [-0.1, -0.05) is 20.4 Å².